The van der Waals surface area contributed by atoms with Crippen molar-refractivity contribution in [3.8, 4) is 0 Å². The molecule has 0 aromatic heterocycles. The van der Waals surface area contributed by atoms with Crippen molar-refractivity contribution < 1.29 is 36.0 Å². The van der Waals surface area contributed by atoms with Gasteiger partial charge in [0.25, 0.3) is 0 Å². The number of carbonyl (C=O) groups excluding carboxylic acids is 1. The summed E-state index contributed by atoms with van der Waals surface area (Å²) < 4.78 is 24.9. The maximum absolute atomic E-state index is 13.8. The molecule has 1 N–H and O–H groups in total. The average Bonchev–Trinajstić information content (AvgIpc) is 2.75. The van der Waals surface area contributed by atoms with Gasteiger partial charge in [0.1, 0.15) is 24.9 Å². The molecule has 3 rings (SSSR count). The Balaban J connectivity index is 0.00000341. The topological polar surface area (TPSA) is 40.0 Å². The van der Waals surface area contributed by atoms with Crippen molar-refractivity contribution in [3.05, 3.63) is 77.3 Å². The lowest BCUT2D eigenvalue weighted by Crippen LogP contribution is -3.14. The number of nitrogens with one attached hydrogen (secondary N) is 1. The molecule has 0 aliphatic carbocycles. The summed E-state index contributed by atoms with van der Waals surface area (Å²) in [6, 6.07) is 14.6. The van der Waals surface area contributed by atoms with Gasteiger partial charge in [0.05, 0.1) is 26.0 Å². The Bertz CT molecular complexity index is 887. The van der Waals surface area contributed by atoms with Gasteiger partial charge in [-0.3, -0.25) is 4.79 Å². The lowest BCUT2D eigenvalue weighted by atomic mass is 9.95. The van der Waals surface area contributed by atoms with E-state index in [-0.39, 0.29) is 30.1 Å². The Hall–Kier alpha value is -2.37. The van der Waals surface area contributed by atoms with Crippen LogP contribution < -0.4 is 17.3 Å². The largest absolute Gasteiger partial charge is 1.00 e. The highest BCUT2D eigenvalue weighted by atomic mass is 35.5. The molecule has 168 valence electrons. The van der Waals surface area contributed by atoms with Crippen LogP contribution in [0.15, 0.2) is 54.8 Å². The van der Waals surface area contributed by atoms with Gasteiger partial charge in [-0.15, -0.1) is 0 Å². The summed E-state index contributed by atoms with van der Waals surface area (Å²) in [4.78, 5) is 13.4. The predicted molar refractivity (Wildman–Crippen MR) is 116 cm³/mol. The summed E-state index contributed by atoms with van der Waals surface area (Å²) in [6.07, 6.45) is 3.66. The number of hydrogen-bond donors (Lipinski definition) is 1. The first kappa shape index (κ1) is 24.9. The van der Waals surface area contributed by atoms with Crippen LogP contribution in [-0.2, 0) is 14.3 Å². The molecule has 1 saturated heterocycles. The number of ether oxygens (including phenoxy) is 2. The molecule has 6 heteroatoms. The summed E-state index contributed by atoms with van der Waals surface area (Å²) >= 11 is 0. The molecular formula is C25H31ClFNO3. The van der Waals surface area contributed by atoms with Crippen LogP contribution in [0.1, 0.15) is 36.5 Å². The minimum atomic E-state index is -0.269. The minimum Gasteiger partial charge on any atom is -1.00 e. The molecule has 1 aliphatic heterocycles. The number of halogens is 2. The van der Waals surface area contributed by atoms with E-state index in [4.69, 9.17) is 9.47 Å². The molecule has 0 saturated carbocycles. The third-order valence-corrected chi connectivity index (χ3v) is 5.58. The fourth-order valence-electron chi connectivity index (χ4n) is 4.00. The second-order valence-electron chi connectivity index (χ2n) is 7.77. The smallest absolute Gasteiger partial charge is 0.314 e. The maximum Gasteiger partial charge on any atom is 0.314 e. The summed E-state index contributed by atoms with van der Waals surface area (Å²) in [6.45, 7) is 7.50. The van der Waals surface area contributed by atoms with Gasteiger partial charge in [-0.2, -0.15) is 0 Å². The molecule has 4 nitrogen and oxygen atoms in total. The Labute approximate surface area is 190 Å². The monoisotopic (exact) mass is 447 g/mol. The van der Waals surface area contributed by atoms with Gasteiger partial charge in [0, 0.05) is 5.57 Å². The summed E-state index contributed by atoms with van der Waals surface area (Å²) in [5.41, 5.74) is 3.79. The lowest BCUT2D eigenvalue weighted by molar-refractivity contribution is -0.907. The number of hydrogen-bond acceptors (Lipinski definition) is 3. The number of piperidine rings is 1. The number of benzene rings is 2. The molecule has 0 radical (unpaired) electrons. The molecule has 2 atom stereocenters. The zero-order valence-corrected chi connectivity index (χ0v) is 19.0. The first-order valence-electron chi connectivity index (χ1n) is 10.7. The molecule has 1 fully saturated rings. The van der Waals surface area contributed by atoms with Crippen molar-refractivity contribution in [3.63, 3.8) is 0 Å². The van der Waals surface area contributed by atoms with Gasteiger partial charge in [-0.25, -0.2) is 4.39 Å². The quantitative estimate of drug-likeness (QED) is 0.362. The van der Waals surface area contributed by atoms with E-state index >= 15 is 0 Å². The van der Waals surface area contributed by atoms with Crippen molar-refractivity contribution in [1.29, 1.82) is 0 Å². The molecule has 0 amide bonds. The van der Waals surface area contributed by atoms with Crippen LogP contribution in [0.5, 0.6) is 0 Å². The number of rotatable bonds is 8. The molecule has 31 heavy (non-hydrogen) atoms. The van der Waals surface area contributed by atoms with Gasteiger partial charge in [-0.1, -0.05) is 36.4 Å². The molecular weight excluding hydrogens is 417 g/mol. The van der Waals surface area contributed by atoms with Gasteiger partial charge in [0.2, 0.25) is 0 Å². The van der Waals surface area contributed by atoms with Crippen molar-refractivity contribution in [2.24, 2.45) is 5.92 Å². The van der Waals surface area contributed by atoms with E-state index in [2.05, 4.69) is 0 Å². The summed E-state index contributed by atoms with van der Waals surface area (Å²) in [5.74, 6) is -0.364. The highest BCUT2D eigenvalue weighted by Gasteiger charge is 2.29. The van der Waals surface area contributed by atoms with Crippen molar-refractivity contribution >= 4 is 11.5 Å². The van der Waals surface area contributed by atoms with Crippen molar-refractivity contribution in [2.75, 3.05) is 32.8 Å². The van der Waals surface area contributed by atoms with Crippen LogP contribution in [0.25, 0.3) is 5.57 Å². The Morgan fingerprint density at radius 2 is 2.03 bits per heavy atom. The lowest BCUT2D eigenvalue weighted by Gasteiger charge is -2.28. The highest BCUT2D eigenvalue weighted by molar-refractivity contribution is 5.80. The molecule has 1 heterocycles. The molecule has 2 aromatic carbocycles. The number of aryl methyl sites for hydroxylation is 1. The van der Waals surface area contributed by atoms with Crippen LogP contribution in [0.2, 0.25) is 0 Å². The van der Waals surface area contributed by atoms with Crippen LogP contribution in [0, 0.1) is 18.7 Å². The zero-order valence-electron chi connectivity index (χ0n) is 18.2. The third-order valence-electron chi connectivity index (χ3n) is 5.58. The molecule has 1 unspecified atom stereocenters. The van der Waals surface area contributed by atoms with Crippen LogP contribution in [0.3, 0.4) is 0 Å². The summed E-state index contributed by atoms with van der Waals surface area (Å²) in [7, 11) is 0. The highest BCUT2D eigenvalue weighted by Crippen LogP contribution is 2.26. The van der Waals surface area contributed by atoms with Gasteiger partial charge < -0.3 is 26.8 Å². The van der Waals surface area contributed by atoms with E-state index in [0.717, 1.165) is 54.7 Å². The number of quaternary nitrogens is 1. The van der Waals surface area contributed by atoms with Gasteiger partial charge >= 0.3 is 5.97 Å². The third kappa shape index (κ3) is 7.08. The van der Waals surface area contributed by atoms with Crippen LogP contribution in [-0.4, -0.2) is 38.8 Å². The predicted octanol–water partition coefficient (Wildman–Crippen LogP) is 0.402. The Kier molecular flexibility index (Phi) is 10.0. The van der Waals surface area contributed by atoms with E-state index in [1.54, 1.807) is 12.3 Å². The Morgan fingerprint density at radius 3 is 2.77 bits per heavy atom. The molecule has 0 bridgehead atoms. The Morgan fingerprint density at radius 1 is 1.23 bits per heavy atom. The molecule has 2 aromatic rings. The maximum atomic E-state index is 13.8. The number of carbonyl (C=O) groups is 1. The average molecular weight is 448 g/mol. The second kappa shape index (κ2) is 12.5. The fraction of sp³-hybridized carbons (Fsp3) is 0.400. The number of likely N-dealkylation sites (tertiary alicyclic amines) is 1. The number of esters is 1. The van der Waals surface area contributed by atoms with E-state index < -0.39 is 0 Å². The van der Waals surface area contributed by atoms with Crippen LogP contribution >= 0.6 is 0 Å². The van der Waals surface area contributed by atoms with E-state index in [9.17, 15) is 9.18 Å². The molecule has 0 spiro atoms. The zero-order chi connectivity index (χ0) is 21.3. The summed E-state index contributed by atoms with van der Waals surface area (Å²) in [5, 5.41) is 0. The minimum absolute atomic E-state index is 0. The van der Waals surface area contributed by atoms with E-state index in [1.165, 1.54) is 17.0 Å². The molecule has 1 aliphatic rings. The van der Waals surface area contributed by atoms with Gasteiger partial charge in [-0.05, 0) is 55.5 Å². The van der Waals surface area contributed by atoms with Gasteiger partial charge in [0.15, 0.2) is 0 Å². The van der Waals surface area contributed by atoms with E-state index in [0.29, 0.717) is 13.2 Å². The SMILES string of the molecule is CCOC(=O)[C@@H]1CCC[NH+](CCO/C=C(\c2cccc(F)c2)c2ccccc2C)C1.[Cl-]. The van der Waals surface area contributed by atoms with Crippen LogP contribution in [0.4, 0.5) is 4.39 Å². The standard InChI is InChI=1S/C25H30FNO3.ClH/c1-3-30-25(28)21-10-7-13-27(17-21)14-15-29-18-24(20-9-6-11-22(26)16-20)23-12-5-4-8-19(23)2;/h4-6,8-9,11-12,16,18,21H,3,7,10,13-15,17H2,1-2H3;1H/b24-18+;/t21-;/m1./s1. The van der Waals surface area contributed by atoms with Crippen molar-refractivity contribution in [1.82, 2.24) is 0 Å². The normalized spacial score (nSPS) is 18.7. The second-order valence-corrected chi connectivity index (χ2v) is 7.77. The first-order valence-corrected chi connectivity index (χ1v) is 10.7. The first-order chi connectivity index (χ1) is 14.6. The van der Waals surface area contributed by atoms with Crippen molar-refractivity contribution in [2.45, 2.75) is 26.7 Å². The van der Waals surface area contributed by atoms with E-state index in [1.807, 2.05) is 44.2 Å². The fourth-order valence-corrected chi connectivity index (χ4v) is 4.00.